The molecule has 0 aliphatic carbocycles. The van der Waals surface area contributed by atoms with Gasteiger partial charge in [-0.1, -0.05) is 41.5 Å². The third-order valence-electron chi connectivity index (χ3n) is 5.07. The van der Waals surface area contributed by atoms with Gasteiger partial charge in [0.25, 0.3) is 11.5 Å². The number of nitrogens with one attached hydrogen (secondary N) is 3. The van der Waals surface area contributed by atoms with Gasteiger partial charge in [-0.05, 0) is 37.3 Å². The molecule has 9 nitrogen and oxygen atoms in total. The zero-order valence-corrected chi connectivity index (χ0v) is 23.7. The normalized spacial score (nSPS) is 10.2. The lowest BCUT2D eigenvalue weighted by Crippen LogP contribution is -2.35. The standard InChI is InChI=1S/C22H21F2N7O2.3C2H6/c1-14-10-28-20(29-13-22(23,24)15-4-7-25-8-5-15)21(33)31(14)12-19(32)27-11-16-2-3-17-18(30-16)6-9-26-17;3*1-2/h2-10,26H,11-13H2,1H3,(H,27,32)(H,28,29);3*1-2H3. The SMILES string of the molecule is CC.CC.CC.Cc1cnc(NCC(F)(F)c2ccncc2)c(=O)n1CC(=O)NCc1ccc2[nH]ccc2n1. The monoisotopic (exact) mass is 543 g/mol. The summed E-state index contributed by atoms with van der Waals surface area (Å²) in [5.41, 5.74) is 1.86. The Morgan fingerprint density at radius 1 is 1.03 bits per heavy atom. The second-order valence-electron chi connectivity index (χ2n) is 7.42. The number of aromatic nitrogens is 5. The maximum Gasteiger partial charge on any atom is 0.293 e. The minimum atomic E-state index is -3.24. The van der Waals surface area contributed by atoms with Crippen LogP contribution in [0.25, 0.3) is 11.0 Å². The molecule has 0 radical (unpaired) electrons. The average Bonchev–Trinajstić information content (AvgIpc) is 3.45. The van der Waals surface area contributed by atoms with Crippen molar-refractivity contribution in [1.29, 1.82) is 0 Å². The summed E-state index contributed by atoms with van der Waals surface area (Å²) in [6.45, 7) is 12.7. The first-order valence-electron chi connectivity index (χ1n) is 13.1. The van der Waals surface area contributed by atoms with Crippen molar-refractivity contribution in [3.63, 3.8) is 0 Å². The fourth-order valence-corrected chi connectivity index (χ4v) is 3.24. The van der Waals surface area contributed by atoms with Gasteiger partial charge in [-0.15, -0.1) is 0 Å². The molecule has 0 bridgehead atoms. The van der Waals surface area contributed by atoms with Gasteiger partial charge in [0.1, 0.15) is 6.54 Å². The van der Waals surface area contributed by atoms with Crippen molar-refractivity contribution in [2.75, 3.05) is 11.9 Å². The van der Waals surface area contributed by atoms with Gasteiger partial charge in [-0.2, -0.15) is 8.78 Å². The molecule has 4 heterocycles. The third-order valence-corrected chi connectivity index (χ3v) is 5.07. The Morgan fingerprint density at radius 2 is 1.69 bits per heavy atom. The van der Waals surface area contributed by atoms with Crippen LogP contribution in [0.15, 0.2) is 59.9 Å². The van der Waals surface area contributed by atoms with E-state index in [2.05, 4.69) is 30.6 Å². The first-order chi connectivity index (χ1) is 18.8. The van der Waals surface area contributed by atoms with E-state index in [1.165, 1.54) is 35.3 Å². The highest BCUT2D eigenvalue weighted by Gasteiger charge is 2.31. The number of carbonyl (C=O) groups is 1. The zero-order chi connectivity index (χ0) is 29.4. The minimum Gasteiger partial charge on any atom is -0.360 e. The van der Waals surface area contributed by atoms with Gasteiger partial charge in [0, 0.05) is 36.0 Å². The van der Waals surface area contributed by atoms with Crippen molar-refractivity contribution in [3.05, 3.63) is 82.4 Å². The van der Waals surface area contributed by atoms with E-state index in [0.717, 1.165) is 11.0 Å². The number of amides is 1. The molecule has 0 aromatic carbocycles. The molecule has 0 atom stereocenters. The number of alkyl halides is 2. The number of fused-ring (bicyclic) bond motifs is 1. The van der Waals surface area contributed by atoms with Crippen LogP contribution in [0.5, 0.6) is 0 Å². The quantitative estimate of drug-likeness (QED) is 0.273. The van der Waals surface area contributed by atoms with Crippen LogP contribution < -0.4 is 16.2 Å². The van der Waals surface area contributed by atoms with Crippen LogP contribution in [-0.4, -0.2) is 37.0 Å². The molecule has 1 amide bonds. The summed E-state index contributed by atoms with van der Waals surface area (Å²) in [5.74, 6) is -3.92. The van der Waals surface area contributed by atoms with Crippen LogP contribution in [-0.2, 0) is 23.8 Å². The van der Waals surface area contributed by atoms with Crippen molar-refractivity contribution in [2.45, 2.75) is 67.5 Å². The highest BCUT2D eigenvalue weighted by atomic mass is 19.3. The molecular formula is C28H39F2N7O2. The second-order valence-corrected chi connectivity index (χ2v) is 7.42. The number of anilines is 1. The van der Waals surface area contributed by atoms with Gasteiger partial charge in [-0.3, -0.25) is 19.1 Å². The Kier molecular flexibility index (Phi) is 14.0. The van der Waals surface area contributed by atoms with Crippen molar-refractivity contribution in [2.24, 2.45) is 0 Å². The number of hydrogen-bond donors (Lipinski definition) is 3. The maximum atomic E-state index is 14.4. The molecule has 0 aliphatic heterocycles. The Hall–Kier alpha value is -4.15. The van der Waals surface area contributed by atoms with Gasteiger partial charge >= 0.3 is 0 Å². The fraction of sp³-hybridized carbons (Fsp3) is 0.393. The summed E-state index contributed by atoms with van der Waals surface area (Å²) in [4.78, 5) is 40.3. The summed E-state index contributed by atoms with van der Waals surface area (Å²) >= 11 is 0. The Balaban J connectivity index is 0.00000119. The Bertz CT molecular complexity index is 1340. The number of rotatable bonds is 8. The molecule has 0 saturated heterocycles. The first-order valence-corrected chi connectivity index (χ1v) is 13.1. The van der Waals surface area contributed by atoms with Crippen molar-refractivity contribution < 1.29 is 13.6 Å². The largest absolute Gasteiger partial charge is 0.360 e. The molecule has 11 heteroatoms. The van der Waals surface area contributed by atoms with Crippen molar-refractivity contribution in [1.82, 2.24) is 29.8 Å². The van der Waals surface area contributed by atoms with Crippen LogP contribution in [0.3, 0.4) is 0 Å². The molecule has 0 saturated carbocycles. The number of nitrogens with zero attached hydrogens (tertiary/aromatic N) is 4. The molecule has 39 heavy (non-hydrogen) atoms. The van der Waals surface area contributed by atoms with Crippen LogP contribution in [0.1, 0.15) is 58.5 Å². The van der Waals surface area contributed by atoms with E-state index >= 15 is 0 Å². The summed E-state index contributed by atoms with van der Waals surface area (Å²) in [6, 6.07) is 7.88. The summed E-state index contributed by atoms with van der Waals surface area (Å²) in [7, 11) is 0. The van der Waals surface area contributed by atoms with E-state index in [1.807, 2.05) is 53.7 Å². The number of carbonyl (C=O) groups excluding carboxylic acids is 1. The van der Waals surface area contributed by atoms with Crippen molar-refractivity contribution in [3.8, 4) is 0 Å². The number of pyridine rings is 2. The minimum absolute atomic E-state index is 0.183. The molecule has 3 N–H and O–H groups in total. The smallest absolute Gasteiger partial charge is 0.293 e. The maximum absolute atomic E-state index is 14.4. The zero-order valence-electron chi connectivity index (χ0n) is 23.7. The molecular weight excluding hydrogens is 504 g/mol. The molecule has 0 fully saturated rings. The fourth-order valence-electron chi connectivity index (χ4n) is 3.24. The van der Waals surface area contributed by atoms with Gasteiger partial charge < -0.3 is 15.6 Å². The first kappa shape index (κ1) is 32.9. The highest BCUT2D eigenvalue weighted by molar-refractivity contribution is 5.76. The van der Waals surface area contributed by atoms with Crippen LogP contribution in [0.4, 0.5) is 14.6 Å². The molecule has 0 spiro atoms. The van der Waals surface area contributed by atoms with E-state index in [0.29, 0.717) is 11.4 Å². The van der Waals surface area contributed by atoms with E-state index < -0.39 is 23.9 Å². The molecule has 212 valence electrons. The molecule has 4 aromatic heterocycles. The van der Waals surface area contributed by atoms with Crippen LogP contribution >= 0.6 is 0 Å². The van der Waals surface area contributed by atoms with Gasteiger partial charge in [0.05, 0.1) is 29.8 Å². The van der Waals surface area contributed by atoms with Gasteiger partial charge in [0.15, 0.2) is 5.82 Å². The van der Waals surface area contributed by atoms with E-state index in [9.17, 15) is 18.4 Å². The van der Waals surface area contributed by atoms with E-state index in [1.54, 1.807) is 19.2 Å². The number of hydrogen-bond acceptors (Lipinski definition) is 6. The topological polar surface area (TPSA) is 118 Å². The lowest BCUT2D eigenvalue weighted by molar-refractivity contribution is -0.121. The molecule has 4 rings (SSSR count). The highest BCUT2D eigenvalue weighted by Crippen LogP contribution is 2.27. The lowest BCUT2D eigenvalue weighted by atomic mass is 10.1. The summed E-state index contributed by atoms with van der Waals surface area (Å²) in [5, 5.41) is 5.12. The average molecular weight is 544 g/mol. The molecule has 4 aromatic rings. The Labute approximate surface area is 228 Å². The number of H-pyrrole nitrogens is 1. The number of halogens is 2. The van der Waals surface area contributed by atoms with Crippen molar-refractivity contribution >= 4 is 22.8 Å². The summed E-state index contributed by atoms with van der Waals surface area (Å²) < 4.78 is 30.0. The van der Waals surface area contributed by atoms with Crippen LogP contribution in [0.2, 0.25) is 0 Å². The summed E-state index contributed by atoms with van der Waals surface area (Å²) in [6.07, 6.45) is 5.66. The van der Waals surface area contributed by atoms with Gasteiger partial charge in [-0.25, -0.2) is 9.97 Å². The van der Waals surface area contributed by atoms with E-state index in [-0.39, 0.29) is 24.5 Å². The lowest BCUT2D eigenvalue weighted by Gasteiger charge is -2.18. The van der Waals surface area contributed by atoms with Gasteiger partial charge in [0.2, 0.25) is 5.91 Å². The predicted octanol–water partition coefficient (Wildman–Crippen LogP) is 5.42. The van der Waals surface area contributed by atoms with Crippen LogP contribution in [0, 0.1) is 6.92 Å². The molecule has 0 aliphatic rings. The number of aromatic amines is 1. The number of aryl methyl sites for hydroxylation is 1. The Morgan fingerprint density at radius 3 is 2.36 bits per heavy atom. The second kappa shape index (κ2) is 16.6. The van der Waals surface area contributed by atoms with E-state index in [4.69, 9.17) is 0 Å². The predicted molar refractivity (Wildman–Crippen MR) is 152 cm³/mol. The third kappa shape index (κ3) is 9.27. The molecule has 0 unspecified atom stereocenters.